The molecule has 2 heterocycles. The number of allylic oxidation sites excluding steroid dienone is 1. The van der Waals surface area contributed by atoms with Gasteiger partial charge in [0.1, 0.15) is 6.61 Å². The number of methoxy groups -OCH3 is 2. The Labute approximate surface area is 253 Å². The number of esters is 1. The number of nitrogens with zero attached hydrogens (tertiary/aromatic N) is 2. The van der Waals surface area contributed by atoms with Crippen LogP contribution in [-0.2, 0) is 16.1 Å². The lowest BCUT2D eigenvalue weighted by molar-refractivity contribution is -0.136. The van der Waals surface area contributed by atoms with Gasteiger partial charge < -0.3 is 14.2 Å². The zero-order valence-electron chi connectivity index (χ0n) is 21.8. The minimum atomic E-state index is -0.648. The molecule has 0 saturated heterocycles. The maximum atomic E-state index is 13.8. The number of halogens is 2. The SMILES string of the molecule is COC(=O)C1=C(C)N=c2sc(=Cc3cc(I)c(OCc4ccc(Cl)cc4)c(OC)c3)c(=O)n2C1c1ccccc1. The molecular formula is C30H24ClIN2O5S. The predicted molar refractivity (Wildman–Crippen MR) is 164 cm³/mol. The predicted octanol–water partition coefficient (Wildman–Crippen LogP) is 5.25. The third-order valence-electron chi connectivity index (χ3n) is 6.39. The van der Waals surface area contributed by atoms with E-state index in [1.54, 1.807) is 24.7 Å². The van der Waals surface area contributed by atoms with E-state index in [1.165, 1.54) is 18.4 Å². The molecule has 0 fully saturated rings. The number of rotatable bonds is 7. The van der Waals surface area contributed by atoms with Crippen molar-refractivity contribution >= 4 is 57.6 Å². The average molecular weight is 687 g/mol. The standard InChI is InChI=1S/C30H24ClIN2O5S/c1-17-25(29(36)38-3)26(20-7-5-4-6-8-20)34-28(35)24(40-30(34)33-17)15-19-13-22(32)27(23(14-19)37-2)39-16-18-9-11-21(31)12-10-18/h4-15,26H,16H2,1-3H3. The van der Waals surface area contributed by atoms with Crippen molar-refractivity contribution in [2.24, 2.45) is 4.99 Å². The lowest BCUT2D eigenvalue weighted by Crippen LogP contribution is -2.39. The van der Waals surface area contributed by atoms with Crippen LogP contribution < -0.4 is 24.4 Å². The number of aromatic nitrogens is 1. The summed E-state index contributed by atoms with van der Waals surface area (Å²) in [6.45, 7) is 2.11. The van der Waals surface area contributed by atoms with E-state index in [-0.39, 0.29) is 5.56 Å². The maximum Gasteiger partial charge on any atom is 0.338 e. The van der Waals surface area contributed by atoms with Crippen molar-refractivity contribution in [3.63, 3.8) is 0 Å². The van der Waals surface area contributed by atoms with Gasteiger partial charge in [-0.25, -0.2) is 9.79 Å². The Hall–Kier alpha value is -3.41. The normalized spacial score (nSPS) is 14.9. The summed E-state index contributed by atoms with van der Waals surface area (Å²) < 4.78 is 19.7. The average Bonchev–Trinajstić information content (AvgIpc) is 3.26. The first kappa shape index (κ1) is 28.1. The van der Waals surface area contributed by atoms with Crippen molar-refractivity contribution in [2.45, 2.75) is 19.6 Å². The molecule has 7 nitrogen and oxygen atoms in total. The minimum Gasteiger partial charge on any atom is -0.493 e. The Kier molecular flexibility index (Phi) is 8.43. The molecule has 3 aromatic carbocycles. The molecule has 1 aliphatic rings. The molecule has 1 unspecified atom stereocenters. The van der Waals surface area contributed by atoms with Crippen molar-refractivity contribution in [1.29, 1.82) is 0 Å². The molecule has 40 heavy (non-hydrogen) atoms. The van der Waals surface area contributed by atoms with Gasteiger partial charge in [0.05, 0.1) is 39.6 Å². The van der Waals surface area contributed by atoms with Crippen LogP contribution >= 0.6 is 45.5 Å². The lowest BCUT2D eigenvalue weighted by Gasteiger charge is -2.24. The van der Waals surface area contributed by atoms with Crippen molar-refractivity contribution in [1.82, 2.24) is 4.57 Å². The van der Waals surface area contributed by atoms with Crippen LogP contribution in [0.25, 0.3) is 6.08 Å². The van der Waals surface area contributed by atoms with E-state index in [1.807, 2.05) is 66.7 Å². The zero-order valence-corrected chi connectivity index (χ0v) is 25.5. The van der Waals surface area contributed by atoms with Gasteiger partial charge in [-0.1, -0.05) is 65.4 Å². The molecule has 0 aliphatic carbocycles. The number of fused-ring (bicyclic) bond motifs is 1. The number of hydrogen-bond acceptors (Lipinski definition) is 7. The van der Waals surface area contributed by atoms with Gasteiger partial charge in [0.2, 0.25) is 0 Å². The van der Waals surface area contributed by atoms with E-state index in [9.17, 15) is 9.59 Å². The fourth-order valence-electron chi connectivity index (χ4n) is 4.49. The highest BCUT2D eigenvalue weighted by Gasteiger charge is 2.32. The van der Waals surface area contributed by atoms with Crippen LogP contribution in [-0.4, -0.2) is 24.8 Å². The summed E-state index contributed by atoms with van der Waals surface area (Å²) in [5.41, 5.74) is 3.15. The molecule has 0 amide bonds. The Morgan fingerprint density at radius 1 is 1.12 bits per heavy atom. The first-order valence-corrected chi connectivity index (χ1v) is 14.5. The van der Waals surface area contributed by atoms with Crippen molar-refractivity contribution in [3.8, 4) is 11.5 Å². The highest BCUT2D eigenvalue weighted by molar-refractivity contribution is 14.1. The number of thiazole rings is 1. The summed E-state index contributed by atoms with van der Waals surface area (Å²) in [4.78, 5) is 31.7. The molecule has 0 N–H and O–H groups in total. The number of hydrogen-bond donors (Lipinski definition) is 0. The highest BCUT2D eigenvalue weighted by atomic mass is 127. The second kappa shape index (κ2) is 12.0. The van der Waals surface area contributed by atoms with Crippen LogP contribution in [0.3, 0.4) is 0 Å². The number of ether oxygens (including phenoxy) is 3. The summed E-state index contributed by atoms with van der Waals surface area (Å²) in [6.07, 6.45) is 1.80. The Bertz CT molecular complexity index is 1800. The smallest absolute Gasteiger partial charge is 0.338 e. The Morgan fingerprint density at radius 3 is 2.52 bits per heavy atom. The van der Waals surface area contributed by atoms with Crippen LogP contribution in [0.2, 0.25) is 5.02 Å². The molecule has 0 bridgehead atoms. The first-order chi connectivity index (χ1) is 19.3. The third-order valence-corrected chi connectivity index (χ3v) is 8.42. The monoisotopic (exact) mass is 686 g/mol. The topological polar surface area (TPSA) is 79.1 Å². The number of carbonyl (C=O) groups excluding carboxylic acids is 1. The van der Waals surface area contributed by atoms with Gasteiger partial charge in [-0.15, -0.1) is 0 Å². The fraction of sp³-hybridized carbons (Fsp3) is 0.167. The molecule has 0 spiro atoms. The lowest BCUT2D eigenvalue weighted by atomic mass is 9.96. The van der Waals surface area contributed by atoms with E-state index < -0.39 is 12.0 Å². The number of carbonyl (C=O) groups is 1. The van der Waals surface area contributed by atoms with Crippen molar-refractivity contribution in [2.75, 3.05) is 14.2 Å². The van der Waals surface area contributed by atoms with Gasteiger partial charge in [-0.2, -0.15) is 0 Å². The van der Waals surface area contributed by atoms with E-state index in [4.69, 9.17) is 25.8 Å². The molecule has 4 aromatic rings. The van der Waals surface area contributed by atoms with Crippen LogP contribution in [0.1, 0.15) is 29.7 Å². The van der Waals surface area contributed by atoms with Crippen LogP contribution in [0, 0.1) is 3.57 Å². The highest BCUT2D eigenvalue weighted by Crippen LogP contribution is 2.35. The van der Waals surface area contributed by atoms with Gasteiger partial charge in [0, 0.05) is 5.02 Å². The van der Waals surface area contributed by atoms with Gasteiger partial charge in [-0.3, -0.25) is 9.36 Å². The molecule has 204 valence electrons. The van der Waals surface area contributed by atoms with Gasteiger partial charge in [0.25, 0.3) is 5.56 Å². The van der Waals surface area contributed by atoms with Crippen molar-refractivity contribution < 1.29 is 19.0 Å². The summed E-state index contributed by atoms with van der Waals surface area (Å²) in [6, 6.07) is 20.0. The largest absolute Gasteiger partial charge is 0.493 e. The number of benzene rings is 3. The second-order valence-electron chi connectivity index (χ2n) is 8.93. The molecule has 1 aliphatic heterocycles. The van der Waals surface area contributed by atoms with E-state index in [0.29, 0.717) is 43.7 Å². The molecule has 0 saturated carbocycles. The zero-order chi connectivity index (χ0) is 28.4. The summed E-state index contributed by atoms with van der Waals surface area (Å²) in [5.74, 6) is 0.641. The molecule has 0 radical (unpaired) electrons. The Morgan fingerprint density at radius 2 is 1.85 bits per heavy atom. The van der Waals surface area contributed by atoms with Gasteiger partial charge >= 0.3 is 5.97 Å². The molecule has 1 atom stereocenters. The van der Waals surface area contributed by atoms with Gasteiger partial charge in [-0.05, 0) is 76.5 Å². The van der Waals surface area contributed by atoms with Crippen LogP contribution in [0.5, 0.6) is 11.5 Å². The maximum absolute atomic E-state index is 13.8. The van der Waals surface area contributed by atoms with Crippen LogP contribution in [0.15, 0.2) is 87.8 Å². The summed E-state index contributed by atoms with van der Waals surface area (Å²) >= 11 is 9.45. The quantitative estimate of drug-likeness (QED) is 0.196. The first-order valence-electron chi connectivity index (χ1n) is 12.2. The van der Waals surface area contributed by atoms with Crippen molar-refractivity contribution in [3.05, 3.63) is 123 Å². The van der Waals surface area contributed by atoms with Gasteiger partial charge in [0.15, 0.2) is 16.3 Å². The fourth-order valence-corrected chi connectivity index (χ4v) is 6.45. The molecule has 5 rings (SSSR count). The molecular weight excluding hydrogens is 663 g/mol. The third kappa shape index (κ3) is 5.59. The Balaban J connectivity index is 1.56. The van der Waals surface area contributed by atoms with E-state index >= 15 is 0 Å². The van der Waals surface area contributed by atoms with E-state index in [0.717, 1.165) is 20.3 Å². The molecule has 1 aromatic heterocycles. The van der Waals surface area contributed by atoms with Crippen LogP contribution in [0.4, 0.5) is 0 Å². The second-order valence-corrected chi connectivity index (χ2v) is 11.5. The summed E-state index contributed by atoms with van der Waals surface area (Å²) in [5, 5.41) is 0.664. The summed E-state index contributed by atoms with van der Waals surface area (Å²) in [7, 11) is 2.91. The van der Waals surface area contributed by atoms with E-state index in [2.05, 4.69) is 27.6 Å². The minimum absolute atomic E-state index is 0.247. The molecule has 10 heteroatoms.